The molecule has 0 unspecified atom stereocenters. The molecular formula is C6H7Br. The van der Waals surface area contributed by atoms with Crippen LogP contribution in [0.3, 0.4) is 0 Å². The molecule has 0 nitrogen and oxygen atoms in total. The second-order valence-corrected chi connectivity index (χ2v) is 1.50. The first-order chi connectivity index (χ1) is 3.41. The SMILES string of the molecule is C=CCCC#CBr. The molecule has 0 heterocycles. The highest BCUT2D eigenvalue weighted by Crippen LogP contribution is 1.85. The zero-order valence-electron chi connectivity index (χ0n) is 4.08. The molecular weight excluding hydrogens is 152 g/mol. The van der Waals surface area contributed by atoms with E-state index in [-0.39, 0.29) is 0 Å². The summed E-state index contributed by atoms with van der Waals surface area (Å²) in [5.74, 6) is 2.84. The second kappa shape index (κ2) is 5.78. The zero-order chi connectivity index (χ0) is 5.54. The van der Waals surface area contributed by atoms with Gasteiger partial charge in [0.15, 0.2) is 0 Å². The summed E-state index contributed by atoms with van der Waals surface area (Å²) >= 11 is 2.98. The average Bonchev–Trinajstić information content (AvgIpc) is 1.69. The molecule has 38 valence electrons. The van der Waals surface area contributed by atoms with Crippen molar-refractivity contribution in [3.8, 4) is 10.8 Å². The topological polar surface area (TPSA) is 0 Å². The number of allylic oxidation sites excluding steroid dienone is 1. The van der Waals surface area contributed by atoms with Crippen molar-refractivity contribution >= 4 is 15.9 Å². The molecule has 0 aromatic rings. The molecule has 0 radical (unpaired) electrons. The highest BCUT2D eigenvalue weighted by Gasteiger charge is 1.68. The van der Waals surface area contributed by atoms with Gasteiger partial charge in [0, 0.05) is 22.4 Å². The van der Waals surface area contributed by atoms with Gasteiger partial charge in [-0.15, -0.1) is 6.58 Å². The summed E-state index contributed by atoms with van der Waals surface area (Å²) in [6.07, 6.45) is 3.75. The normalized spacial score (nSPS) is 6.43. The number of rotatable bonds is 2. The number of hydrogen-bond donors (Lipinski definition) is 0. The van der Waals surface area contributed by atoms with E-state index in [0.29, 0.717) is 0 Å². The van der Waals surface area contributed by atoms with Crippen molar-refractivity contribution in [1.29, 1.82) is 0 Å². The zero-order valence-corrected chi connectivity index (χ0v) is 5.66. The van der Waals surface area contributed by atoms with E-state index in [9.17, 15) is 0 Å². The van der Waals surface area contributed by atoms with Gasteiger partial charge in [0.05, 0.1) is 0 Å². The van der Waals surface area contributed by atoms with E-state index in [0.717, 1.165) is 12.8 Å². The van der Waals surface area contributed by atoms with E-state index in [1.54, 1.807) is 0 Å². The molecule has 0 bridgehead atoms. The first kappa shape index (κ1) is 6.78. The molecule has 0 aromatic carbocycles. The van der Waals surface area contributed by atoms with Crippen LogP contribution in [-0.4, -0.2) is 0 Å². The van der Waals surface area contributed by atoms with E-state index >= 15 is 0 Å². The van der Waals surface area contributed by atoms with Crippen LogP contribution < -0.4 is 0 Å². The maximum absolute atomic E-state index is 3.55. The molecule has 0 fully saturated rings. The molecule has 0 aliphatic rings. The Morgan fingerprint density at radius 2 is 2.43 bits per heavy atom. The summed E-state index contributed by atoms with van der Waals surface area (Å²) < 4.78 is 0. The summed E-state index contributed by atoms with van der Waals surface area (Å²) in [4.78, 5) is 2.62. The molecule has 0 N–H and O–H groups in total. The largest absolute Gasteiger partial charge is 0.103 e. The van der Waals surface area contributed by atoms with Gasteiger partial charge in [-0.2, -0.15) is 0 Å². The van der Waals surface area contributed by atoms with E-state index in [4.69, 9.17) is 0 Å². The van der Waals surface area contributed by atoms with Gasteiger partial charge in [-0.05, 0) is 11.3 Å². The lowest BCUT2D eigenvalue weighted by molar-refractivity contribution is 1.09. The van der Waals surface area contributed by atoms with Crippen LogP contribution in [0.4, 0.5) is 0 Å². The van der Waals surface area contributed by atoms with Gasteiger partial charge in [-0.25, -0.2) is 0 Å². The van der Waals surface area contributed by atoms with Gasteiger partial charge >= 0.3 is 0 Å². The molecule has 0 aliphatic heterocycles. The first-order valence-corrected chi connectivity index (χ1v) is 2.90. The Morgan fingerprint density at radius 1 is 1.71 bits per heavy atom. The Labute approximate surface area is 52.7 Å². The molecule has 0 saturated heterocycles. The highest BCUT2D eigenvalue weighted by molar-refractivity contribution is 9.12. The van der Waals surface area contributed by atoms with Crippen molar-refractivity contribution in [2.45, 2.75) is 12.8 Å². The lowest BCUT2D eigenvalue weighted by Crippen LogP contribution is -1.58. The van der Waals surface area contributed by atoms with Crippen LogP contribution in [0, 0.1) is 10.8 Å². The minimum absolute atomic E-state index is 0.911. The Hall–Kier alpha value is -0.220. The van der Waals surface area contributed by atoms with Gasteiger partial charge in [0.25, 0.3) is 0 Å². The van der Waals surface area contributed by atoms with Gasteiger partial charge in [-0.1, -0.05) is 12.0 Å². The monoisotopic (exact) mass is 158 g/mol. The molecule has 0 aromatic heterocycles. The Balaban J connectivity index is 2.92. The van der Waals surface area contributed by atoms with Crippen molar-refractivity contribution in [2.75, 3.05) is 0 Å². The van der Waals surface area contributed by atoms with Crippen molar-refractivity contribution in [2.24, 2.45) is 0 Å². The molecule has 0 atom stereocenters. The summed E-state index contributed by atoms with van der Waals surface area (Å²) in [6.45, 7) is 3.55. The van der Waals surface area contributed by atoms with Crippen molar-refractivity contribution in [3.63, 3.8) is 0 Å². The lowest BCUT2D eigenvalue weighted by Gasteiger charge is -1.74. The van der Waals surface area contributed by atoms with Crippen LogP contribution in [-0.2, 0) is 0 Å². The third-order valence-corrected chi connectivity index (χ3v) is 0.821. The maximum Gasteiger partial charge on any atom is 0.0132 e. The van der Waals surface area contributed by atoms with Crippen molar-refractivity contribution in [3.05, 3.63) is 12.7 Å². The van der Waals surface area contributed by atoms with Gasteiger partial charge in [-0.3, -0.25) is 0 Å². The van der Waals surface area contributed by atoms with Crippen LogP contribution in [0.1, 0.15) is 12.8 Å². The third kappa shape index (κ3) is 5.78. The standard InChI is InChI=1S/C6H7Br/c1-2-3-4-5-6-7/h2H,1,3-4H2. The summed E-state index contributed by atoms with van der Waals surface area (Å²) in [7, 11) is 0. The predicted octanol–water partition coefficient (Wildman–Crippen LogP) is 2.31. The molecule has 7 heavy (non-hydrogen) atoms. The van der Waals surface area contributed by atoms with E-state index < -0.39 is 0 Å². The fourth-order valence-corrected chi connectivity index (χ4v) is 0.420. The molecule has 0 spiro atoms. The Morgan fingerprint density at radius 3 is 2.86 bits per heavy atom. The minimum Gasteiger partial charge on any atom is -0.103 e. The third-order valence-electron chi connectivity index (χ3n) is 0.540. The fourth-order valence-electron chi connectivity index (χ4n) is 0.221. The van der Waals surface area contributed by atoms with E-state index in [1.165, 1.54) is 0 Å². The first-order valence-electron chi connectivity index (χ1n) is 2.11. The number of halogens is 1. The summed E-state index contributed by atoms with van der Waals surface area (Å²) in [5, 5.41) is 0. The number of hydrogen-bond acceptors (Lipinski definition) is 0. The molecule has 0 aliphatic carbocycles. The predicted molar refractivity (Wildman–Crippen MR) is 36.1 cm³/mol. The van der Waals surface area contributed by atoms with Crippen LogP contribution in [0.5, 0.6) is 0 Å². The van der Waals surface area contributed by atoms with Crippen LogP contribution in [0.15, 0.2) is 12.7 Å². The van der Waals surface area contributed by atoms with Crippen molar-refractivity contribution < 1.29 is 0 Å². The van der Waals surface area contributed by atoms with Gasteiger partial charge < -0.3 is 0 Å². The Kier molecular flexibility index (Phi) is 5.60. The van der Waals surface area contributed by atoms with E-state index in [2.05, 4.69) is 33.3 Å². The molecule has 1 heteroatoms. The molecule has 0 saturated carbocycles. The Bertz CT molecular complexity index is 94.5. The summed E-state index contributed by atoms with van der Waals surface area (Å²) in [5.41, 5.74) is 0. The minimum atomic E-state index is 0.911. The average molecular weight is 159 g/mol. The maximum atomic E-state index is 3.55. The smallest absolute Gasteiger partial charge is 0.0132 e. The van der Waals surface area contributed by atoms with Gasteiger partial charge in [0.1, 0.15) is 0 Å². The second-order valence-electron chi connectivity index (χ2n) is 1.10. The molecule has 0 amide bonds. The van der Waals surface area contributed by atoms with Crippen LogP contribution in [0.25, 0.3) is 0 Å². The highest BCUT2D eigenvalue weighted by atomic mass is 79.9. The summed E-state index contributed by atoms with van der Waals surface area (Å²) in [6, 6.07) is 0. The van der Waals surface area contributed by atoms with Crippen LogP contribution in [0.2, 0.25) is 0 Å². The fraction of sp³-hybridized carbons (Fsp3) is 0.333. The lowest BCUT2D eigenvalue weighted by atomic mass is 10.3. The van der Waals surface area contributed by atoms with Crippen LogP contribution >= 0.6 is 15.9 Å². The van der Waals surface area contributed by atoms with E-state index in [1.807, 2.05) is 6.08 Å². The number of unbranched alkanes of at least 4 members (excludes halogenated alkanes) is 1. The van der Waals surface area contributed by atoms with Gasteiger partial charge in [0.2, 0.25) is 0 Å². The quantitative estimate of drug-likeness (QED) is 0.329. The molecule has 0 rings (SSSR count). The van der Waals surface area contributed by atoms with Crippen molar-refractivity contribution in [1.82, 2.24) is 0 Å².